The highest BCUT2D eigenvalue weighted by molar-refractivity contribution is 5.97. The van der Waals surface area contributed by atoms with Crippen LogP contribution in [0.5, 0.6) is 0 Å². The first-order chi connectivity index (χ1) is 11.4. The Morgan fingerprint density at radius 1 is 1.25 bits per heavy atom. The third kappa shape index (κ3) is 4.55. The van der Waals surface area contributed by atoms with E-state index in [2.05, 4.69) is 10.6 Å². The van der Waals surface area contributed by atoms with Crippen LogP contribution in [0.1, 0.15) is 30.6 Å². The van der Waals surface area contributed by atoms with Crippen LogP contribution in [0.3, 0.4) is 0 Å². The number of hydrogen-bond donors (Lipinski definition) is 3. The molecule has 0 bridgehead atoms. The Balaban J connectivity index is 1.94. The first-order valence-electron chi connectivity index (χ1n) is 8.07. The Bertz CT molecular complexity index is 603. The first kappa shape index (κ1) is 17.9. The molecule has 0 aliphatic carbocycles. The highest BCUT2D eigenvalue weighted by Crippen LogP contribution is 2.17. The van der Waals surface area contributed by atoms with Crippen molar-refractivity contribution >= 4 is 17.7 Å². The molecule has 0 aromatic heterocycles. The van der Waals surface area contributed by atoms with E-state index in [-0.39, 0.29) is 36.3 Å². The fourth-order valence-corrected chi connectivity index (χ4v) is 2.72. The van der Waals surface area contributed by atoms with Crippen molar-refractivity contribution in [1.29, 1.82) is 0 Å². The van der Waals surface area contributed by atoms with Gasteiger partial charge in [-0.2, -0.15) is 0 Å². The number of carbonyl (C=O) groups is 3. The molecule has 24 heavy (non-hydrogen) atoms. The topological polar surface area (TPSA) is 105 Å². The summed E-state index contributed by atoms with van der Waals surface area (Å²) in [6.45, 7) is 3.88. The van der Waals surface area contributed by atoms with E-state index in [1.165, 1.54) is 4.90 Å². The predicted octanol–water partition coefficient (Wildman–Crippen LogP) is -0.131. The lowest BCUT2D eigenvalue weighted by atomic mass is 10.1. The second-order valence-electron chi connectivity index (χ2n) is 6.27. The highest BCUT2D eigenvalue weighted by Gasteiger charge is 2.38. The number of amides is 3. The molecule has 7 heteroatoms. The van der Waals surface area contributed by atoms with Crippen LogP contribution in [-0.4, -0.2) is 53.8 Å². The highest BCUT2D eigenvalue weighted by atomic mass is 16.2. The monoisotopic (exact) mass is 332 g/mol. The number of likely N-dealkylation sites (tertiary alicyclic amines) is 1. The van der Waals surface area contributed by atoms with Gasteiger partial charge in [0, 0.05) is 24.2 Å². The molecular formula is C17H24N4O3. The lowest BCUT2D eigenvalue weighted by molar-refractivity contribution is -0.137. The quantitative estimate of drug-likeness (QED) is 0.698. The van der Waals surface area contributed by atoms with Gasteiger partial charge in [-0.05, 0) is 32.4 Å². The third-order valence-corrected chi connectivity index (χ3v) is 3.82. The molecule has 1 aromatic rings. The van der Waals surface area contributed by atoms with Crippen LogP contribution in [0, 0.1) is 0 Å². The minimum Gasteiger partial charge on any atom is -0.352 e. The maximum Gasteiger partial charge on any atom is 0.251 e. The SMILES string of the molecule is CC(C)NC(=O)[C@@H]1C[C@H](N)CN1C(=O)CNC(=O)c1ccccc1. The van der Waals surface area contributed by atoms with Gasteiger partial charge in [-0.25, -0.2) is 0 Å². The number of nitrogens with one attached hydrogen (secondary N) is 2. The first-order valence-corrected chi connectivity index (χ1v) is 8.07. The number of nitrogens with zero attached hydrogens (tertiary/aromatic N) is 1. The van der Waals surface area contributed by atoms with Crippen molar-refractivity contribution in [1.82, 2.24) is 15.5 Å². The van der Waals surface area contributed by atoms with Crippen LogP contribution in [0.4, 0.5) is 0 Å². The van der Waals surface area contributed by atoms with Crippen molar-refractivity contribution < 1.29 is 14.4 Å². The lowest BCUT2D eigenvalue weighted by Crippen LogP contribution is -2.50. The lowest BCUT2D eigenvalue weighted by Gasteiger charge is -2.24. The zero-order chi connectivity index (χ0) is 17.7. The fraction of sp³-hybridized carbons (Fsp3) is 0.471. The van der Waals surface area contributed by atoms with E-state index >= 15 is 0 Å². The third-order valence-electron chi connectivity index (χ3n) is 3.82. The van der Waals surface area contributed by atoms with E-state index in [9.17, 15) is 14.4 Å². The Kier molecular flexibility index (Phi) is 5.92. The average Bonchev–Trinajstić information content (AvgIpc) is 2.94. The summed E-state index contributed by atoms with van der Waals surface area (Å²) in [5, 5.41) is 5.39. The molecule has 4 N–H and O–H groups in total. The normalized spacial score (nSPS) is 20.1. The van der Waals surface area contributed by atoms with Gasteiger partial charge < -0.3 is 21.3 Å². The average molecular weight is 332 g/mol. The molecule has 1 aliphatic rings. The summed E-state index contributed by atoms with van der Waals surface area (Å²) < 4.78 is 0. The van der Waals surface area contributed by atoms with Gasteiger partial charge in [-0.3, -0.25) is 14.4 Å². The Hall–Kier alpha value is -2.41. The summed E-state index contributed by atoms with van der Waals surface area (Å²) in [6.07, 6.45) is 0.428. The van der Waals surface area contributed by atoms with Crippen molar-refractivity contribution in [3.05, 3.63) is 35.9 Å². The summed E-state index contributed by atoms with van der Waals surface area (Å²) in [5.74, 6) is -0.840. The van der Waals surface area contributed by atoms with E-state index in [4.69, 9.17) is 5.73 Å². The molecular weight excluding hydrogens is 308 g/mol. The maximum absolute atomic E-state index is 12.4. The molecule has 7 nitrogen and oxygen atoms in total. The molecule has 3 amide bonds. The van der Waals surface area contributed by atoms with Crippen molar-refractivity contribution in [3.63, 3.8) is 0 Å². The van der Waals surface area contributed by atoms with Crippen molar-refractivity contribution in [2.75, 3.05) is 13.1 Å². The van der Waals surface area contributed by atoms with Gasteiger partial charge in [0.15, 0.2) is 0 Å². The van der Waals surface area contributed by atoms with Crippen LogP contribution >= 0.6 is 0 Å². The molecule has 0 radical (unpaired) electrons. The Morgan fingerprint density at radius 3 is 2.54 bits per heavy atom. The molecule has 1 saturated heterocycles. The summed E-state index contributed by atoms with van der Waals surface area (Å²) in [4.78, 5) is 38.1. The van der Waals surface area contributed by atoms with Crippen LogP contribution in [0.25, 0.3) is 0 Å². The summed E-state index contributed by atoms with van der Waals surface area (Å²) in [7, 11) is 0. The number of carbonyl (C=O) groups excluding carboxylic acids is 3. The molecule has 130 valence electrons. The second kappa shape index (κ2) is 7.92. The van der Waals surface area contributed by atoms with Crippen LogP contribution in [0.15, 0.2) is 30.3 Å². The van der Waals surface area contributed by atoms with Crippen molar-refractivity contribution in [2.45, 2.75) is 38.4 Å². The van der Waals surface area contributed by atoms with Gasteiger partial charge in [-0.1, -0.05) is 18.2 Å². The van der Waals surface area contributed by atoms with Gasteiger partial charge in [0.05, 0.1) is 6.54 Å². The minimum absolute atomic E-state index is 0.0101. The van der Waals surface area contributed by atoms with E-state index < -0.39 is 6.04 Å². The number of nitrogens with two attached hydrogens (primary N) is 1. The zero-order valence-corrected chi connectivity index (χ0v) is 14.0. The largest absolute Gasteiger partial charge is 0.352 e. The molecule has 0 saturated carbocycles. The molecule has 1 heterocycles. The van der Waals surface area contributed by atoms with Crippen molar-refractivity contribution in [3.8, 4) is 0 Å². The second-order valence-corrected chi connectivity index (χ2v) is 6.27. The van der Waals surface area contributed by atoms with E-state index in [0.29, 0.717) is 18.5 Å². The fourth-order valence-electron chi connectivity index (χ4n) is 2.72. The zero-order valence-electron chi connectivity index (χ0n) is 14.0. The molecule has 2 rings (SSSR count). The van der Waals surface area contributed by atoms with Crippen LogP contribution in [0.2, 0.25) is 0 Å². The number of rotatable bonds is 5. The van der Waals surface area contributed by atoms with Gasteiger partial charge in [0.2, 0.25) is 11.8 Å². The van der Waals surface area contributed by atoms with E-state index in [1.54, 1.807) is 24.3 Å². The summed E-state index contributed by atoms with van der Waals surface area (Å²) in [5.41, 5.74) is 6.39. The Labute approximate surface area is 141 Å². The predicted molar refractivity (Wildman–Crippen MR) is 90.1 cm³/mol. The minimum atomic E-state index is -0.580. The van der Waals surface area contributed by atoms with Crippen LogP contribution < -0.4 is 16.4 Å². The molecule has 1 aliphatic heterocycles. The smallest absolute Gasteiger partial charge is 0.251 e. The van der Waals surface area contributed by atoms with Crippen LogP contribution in [-0.2, 0) is 9.59 Å². The Morgan fingerprint density at radius 2 is 1.92 bits per heavy atom. The maximum atomic E-state index is 12.4. The van der Waals surface area contributed by atoms with Gasteiger partial charge in [0.1, 0.15) is 6.04 Å². The number of hydrogen-bond acceptors (Lipinski definition) is 4. The van der Waals surface area contributed by atoms with Gasteiger partial charge in [0.25, 0.3) is 5.91 Å². The molecule has 0 unspecified atom stereocenters. The summed E-state index contributed by atoms with van der Waals surface area (Å²) in [6, 6.07) is 7.83. The molecule has 1 aromatic carbocycles. The van der Waals surface area contributed by atoms with E-state index in [1.807, 2.05) is 19.9 Å². The molecule has 1 fully saturated rings. The molecule has 2 atom stereocenters. The number of benzene rings is 1. The standard InChI is InChI=1S/C17H24N4O3/c1-11(2)20-17(24)14-8-13(18)10-21(14)15(22)9-19-16(23)12-6-4-3-5-7-12/h3-7,11,13-14H,8-10,18H2,1-2H3,(H,19,23)(H,20,24)/t13-,14-/m0/s1. The van der Waals surface area contributed by atoms with E-state index in [0.717, 1.165) is 0 Å². The van der Waals surface area contributed by atoms with Crippen molar-refractivity contribution in [2.24, 2.45) is 5.73 Å². The van der Waals surface area contributed by atoms with Gasteiger partial charge in [-0.15, -0.1) is 0 Å². The van der Waals surface area contributed by atoms with Gasteiger partial charge >= 0.3 is 0 Å². The summed E-state index contributed by atoms with van der Waals surface area (Å²) >= 11 is 0. The molecule has 0 spiro atoms.